The molecule has 0 aliphatic carbocycles. The summed E-state index contributed by atoms with van der Waals surface area (Å²) in [5, 5.41) is 8.01. The number of aromatic nitrogens is 4. The van der Waals surface area contributed by atoms with Crippen molar-refractivity contribution in [1.82, 2.24) is 24.5 Å². The molecule has 2 aliphatic rings. The molecular weight excluding hydrogens is 392 g/mol. The number of anilines is 1. The van der Waals surface area contributed by atoms with E-state index in [9.17, 15) is 4.79 Å². The molecule has 3 aromatic rings. The molecule has 0 bridgehead atoms. The minimum atomic E-state index is 0.0166. The molecule has 0 radical (unpaired) electrons. The molecule has 8 nitrogen and oxygen atoms in total. The van der Waals surface area contributed by atoms with E-state index in [4.69, 9.17) is 9.72 Å². The molecule has 1 N–H and O–H groups in total. The maximum Gasteiger partial charge on any atom is 0.228 e. The maximum atomic E-state index is 12.9. The van der Waals surface area contributed by atoms with Crippen LogP contribution in [0.2, 0.25) is 0 Å². The predicted octanol–water partition coefficient (Wildman–Crippen LogP) is 2.79. The number of nitrogens with one attached hydrogen (secondary N) is 1. The number of ether oxygens (including phenoxy) is 1. The third kappa shape index (κ3) is 4.12. The van der Waals surface area contributed by atoms with Crippen molar-refractivity contribution < 1.29 is 9.53 Å². The Morgan fingerprint density at radius 3 is 3.06 bits per heavy atom. The quantitative estimate of drug-likeness (QED) is 0.683. The van der Waals surface area contributed by atoms with Crippen LogP contribution in [0.5, 0.6) is 0 Å². The van der Waals surface area contributed by atoms with Crippen molar-refractivity contribution >= 4 is 17.4 Å². The fourth-order valence-corrected chi connectivity index (χ4v) is 4.53. The Kier molecular flexibility index (Phi) is 5.55. The summed E-state index contributed by atoms with van der Waals surface area (Å²) in [4.78, 5) is 24.1. The Bertz CT molecular complexity index is 1060. The molecule has 2 unspecified atom stereocenters. The van der Waals surface area contributed by atoms with Gasteiger partial charge < -0.3 is 15.0 Å². The first-order valence-corrected chi connectivity index (χ1v) is 11.0. The van der Waals surface area contributed by atoms with Gasteiger partial charge in [0, 0.05) is 56.2 Å². The van der Waals surface area contributed by atoms with Gasteiger partial charge in [-0.15, -0.1) is 0 Å². The van der Waals surface area contributed by atoms with Crippen LogP contribution in [0.1, 0.15) is 42.0 Å². The van der Waals surface area contributed by atoms with Gasteiger partial charge in [0.1, 0.15) is 5.82 Å². The molecule has 2 aliphatic heterocycles. The molecule has 5 heterocycles. The molecule has 8 heteroatoms. The van der Waals surface area contributed by atoms with E-state index in [0.29, 0.717) is 26.3 Å². The van der Waals surface area contributed by atoms with E-state index in [1.54, 1.807) is 6.20 Å². The van der Waals surface area contributed by atoms with Gasteiger partial charge in [-0.3, -0.25) is 9.78 Å². The first-order chi connectivity index (χ1) is 15.2. The number of hydrogen-bond donors (Lipinski definition) is 1. The summed E-state index contributed by atoms with van der Waals surface area (Å²) in [7, 11) is 0. The summed E-state index contributed by atoms with van der Waals surface area (Å²) < 4.78 is 7.29. The molecule has 2 atom stereocenters. The van der Waals surface area contributed by atoms with E-state index in [1.165, 1.54) is 0 Å². The van der Waals surface area contributed by atoms with Gasteiger partial charge in [-0.1, -0.05) is 6.07 Å². The average Bonchev–Trinajstić information content (AvgIpc) is 3.48. The number of carbonyl (C=O) groups excluding carboxylic acids is 1. The van der Waals surface area contributed by atoms with Gasteiger partial charge in [0.05, 0.1) is 24.4 Å². The van der Waals surface area contributed by atoms with Crippen molar-refractivity contribution in [2.45, 2.75) is 38.6 Å². The first-order valence-electron chi connectivity index (χ1n) is 11.0. The van der Waals surface area contributed by atoms with Crippen LogP contribution in [0.15, 0.2) is 36.8 Å². The van der Waals surface area contributed by atoms with Crippen LogP contribution in [0, 0.1) is 12.8 Å². The van der Waals surface area contributed by atoms with Crippen molar-refractivity contribution in [3.05, 3.63) is 53.6 Å². The molecule has 0 spiro atoms. The monoisotopic (exact) mass is 420 g/mol. The van der Waals surface area contributed by atoms with Crippen molar-refractivity contribution in [2.75, 3.05) is 31.6 Å². The Morgan fingerprint density at radius 2 is 2.26 bits per heavy atom. The third-order valence-electron chi connectivity index (χ3n) is 6.29. The molecule has 3 aromatic heterocycles. The van der Waals surface area contributed by atoms with E-state index < -0.39 is 0 Å². The number of amides is 1. The lowest BCUT2D eigenvalue weighted by atomic mass is 9.93. The highest BCUT2D eigenvalue weighted by molar-refractivity contribution is 5.79. The maximum absolute atomic E-state index is 12.9. The summed E-state index contributed by atoms with van der Waals surface area (Å²) in [6, 6.07) is 6.07. The van der Waals surface area contributed by atoms with Gasteiger partial charge >= 0.3 is 0 Å². The van der Waals surface area contributed by atoms with Crippen LogP contribution in [-0.4, -0.2) is 56.7 Å². The number of piperidine rings is 1. The van der Waals surface area contributed by atoms with Gasteiger partial charge in [0.2, 0.25) is 5.91 Å². The summed E-state index contributed by atoms with van der Waals surface area (Å²) in [5.41, 5.74) is 4.02. The predicted molar refractivity (Wildman–Crippen MR) is 117 cm³/mol. The lowest BCUT2D eigenvalue weighted by Crippen LogP contribution is -2.42. The molecule has 31 heavy (non-hydrogen) atoms. The Balaban J connectivity index is 1.39. The number of aryl methyl sites for hydroxylation is 1. The molecule has 5 rings (SSSR count). The van der Waals surface area contributed by atoms with Gasteiger partial charge in [-0.05, 0) is 37.8 Å². The van der Waals surface area contributed by atoms with Gasteiger partial charge in [-0.2, -0.15) is 9.61 Å². The molecule has 162 valence electrons. The zero-order valence-electron chi connectivity index (χ0n) is 17.8. The highest BCUT2D eigenvalue weighted by atomic mass is 16.5. The smallest absolute Gasteiger partial charge is 0.228 e. The zero-order valence-corrected chi connectivity index (χ0v) is 17.8. The molecule has 2 saturated heterocycles. The van der Waals surface area contributed by atoms with Crippen molar-refractivity contribution in [3.8, 4) is 0 Å². The molecular formula is C23H28N6O2. The van der Waals surface area contributed by atoms with Gasteiger partial charge in [-0.25, -0.2) is 4.98 Å². The highest BCUT2D eigenvalue weighted by Gasteiger charge is 2.32. The van der Waals surface area contributed by atoms with Crippen LogP contribution in [0.3, 0.4) is 0 Å². The molecule has 0 aromatic carbocycles. The normalized spacial score (nSPS) is 21.5. The second-order valence-corrected chi connectivity index (χ2v) is 8.53. The van der Waals surface area contributed by atoms with E-state index in [2.05, 4.69) is 21.5 Å². The Morgan fingerprint density at radius 1 is 1.32 bits per heavy atom. The first kappa shape index (κ1) is 19.9. The minimum absolute atomic E-state index is 0.0166. The van der Waals surface area contributed by atoms with Crippen molar-refractivity contribution in [1.29, 1.82) is 0 Å². The standard InChI is InChI=1S/C23H28N6O2/c1-16-11-26-29-21(25-13-17-4-2-7-24-12-17)10-20(27-22(16)29)18-5-3-8-28(14-18)23(30)19-6-9-31-15-19/h2,4,7,10-12,18-19,25H,3,5-6,8-9,13-15H2,1H3. The van der Waals surface area contributed by atoms with Crippen LogP contribution in [0.25, 0.3) is 5.65 Å². The Hall–Kier alpha value is -3.00. The number of pyridine rings is 1. The number of fused-ring (bicyclic) bond motifs is 1. The summed E-state index contributed by atoms with van der Waals surface area (Å²) in [6.07, 6.45) is 8.34. The fourth-order valence-electron chi connectivity index (χ4n) is 4.53. The average molecular weight is 421 g/mol. The number of likely N-dealkylation sites (tertiary alicyclic amines) is 1. The third-order valence-corrected chi connectivity index (χ3v) is 6.29. The Labute approximate surface area is 181 Å². The molecule has 0 saturated carbocycles. The van der Waals surface area contributed by atoms with Crippen LogP contribution in [-0.2, 0) is 16.1 Å². The van der Waals surface area contributed by atoms with Crippen LogP contribution < -0.4 is 5.32 Å². The summed E-state index contributed by atoms with van der Waals surface area (Å²) in [5.74, 6) is 1.38. The lowest BCUT2D eigenvalue weighted by molar-refractivity contribution is -0.136. The molecule has 1 amide bonds. The topological polar surface area (TPSA) is 84.7 Å². The second-order valence-electron chi connectivity index (χ2n) is 8.53. The van der Waals surface area contributed by atoms with Crippen LogP contribution >= 0.6 is 0 Å². The SMILES string of the molecule is Cc1cnn2c(NCc3cccnc3)cc(C3CCCN(C(=O)C4CCOC4)C3)nc12. The summed E-state index contributed by atoms with van der Waals surface area (Å²) in [6.45, 7) is 5.47. The van der Waals surface area contributed by atoms with E-state index in [1.807, 2.05) is 40.9 Å². The van der Waals surface area contributed by atoms with Crippen LogP contribution in [0.4, 0.5) is 5.82 Å². The van der Waals surface area contributed by atoms with E-state index >= 15 is 0 Å². The summed E-state index contributed by atoms with van der Waals surface area (Å²) >= 11 is 0. The second kappa shape index (κ2) is 8.63. The molecule has 2 fully saturated rings. The number of hydrogen-bond acceptors (Lipinski definition) is 6. The number of rotatable bonds is 5. The van der Waals surface area contributed by atoms with E-state index in [-0.39, 0.29) is 17.7 Å². The number of nitrogens with zero attached hydrogens (tertiary/aromatic N) is 5. The zero-order chi connectivity index (χ0) is 21.2. The van der Waals surface area contributed by atoms with Crippen molar-refractivity contribution in [2.24, 2.45) is 5.92 Å². The van der Waals surface area contributed by atoms with Crippen molar-refractivity contribution in [3.63, 3.8) is 0 Å². The van der Waals surface area contributed by atoms with Gasteiger partial charge in [0.15, 0.2) is 5.65 Å². The largest absolute Gasteiger partial charge is 0.381 e. The number of carbonyl (C=O) groups is 1. The van der Waals surface area contributed by atoms with E-state index in [0.717, 1.165) is 54.1 Å². The highest BCUT2D eigenvalue weighted by Crippen LogP contribution is 2.30. The van der Waals surface area contributed by atoms with Gasteiger partial charge in [0.25, 0.3) is 0 Å². The minimum Gasteiger partial charge on any atom is -0.381 e. The fraction of sp³-hybridized carbons (Fsp3) is 0.478. The lowest BCUT2D eigenvalue weighted by Gasteiger charge is -2.34.